The molecule has 0 saturated heterocycles. The first-order chi connectivity index (χ1) is 9.63. The second-order valence-electron chi connectivity index (χ2n) is 5.12. The van der Waals surface area contributed by atoms with Gasteiger partial charge in [-0.25, -0.2) is 0 Å². The molecule has 2 rings (SSSR count). The van der Waals surface area contributed by atoms with Crippen LogP contribution in [0.1, 0.15) is 40.5 Å². The van der Waals surface area contributed by atoms with Crippen LogP contribution in [0.25, 0.3) is 0 Å². The van der Waals surface area contributed by atoms with Crippen molar-refractivity contribution >= 4 is 11.3 Å². The number of hydrogen-bond donors (Lipinski definition) is 1. The average molecular weight is 290 g/mol. The van der Waals surface area contributed by atoms with Gasteiger partial charge in [0, 0.05) is 10.4 Å². The number of methoxy groups -OCH3 is 1. The van der Waals surface area contributed by atoms with Gasteiger partial charge in [0.15, 0.2) is 0 Å². The van der Waals surface area contributed by atoms with Crippen LogP contribution in [-0.4, -0.2) is 12.2 Å². The number of benzene rings is 1. The number of aliphatic hydroxyl groups excluding tert-OH is 1. The van der Waals surface area contributed by atoms with E-state index in [-0.39, 0.29) is 0 Å². The molecule has 0 radical (unpaired) electrons. The molecule has 1 unspecified atom stereocenters. The SMILES string of the molecule is COc1c(C(O)CCCc2cccs2)ccc(C)c1C. The van der Waals surface area contributed by atoms with Crippen LogP contribution in [0.3, 0.4) is 0 Å². The summed E-state index contributed by atoms with van der Waals surface area (Å²) in [4.78, 5) is 1.38. The van der Waals surface area contributed by atoms with Crippen molar-refractivity contribution in [3.05, 3.63) is 51.2 Å². The molecule has 0 spiro atoms. The Kier molecular flexibility index (Phi) is 5.21. The second kappa shape index (κ2) is 6.91. The van der Waals surface area contributed by atoms with E-state index in [0.29, 0.717) is 0 Å². The predicted octanol–water partition coefficient (Wildman–Crippen LogP) is 4.43. The molecule has 0 bridgehead atoms. The first kappa shape index (κ1) is 15.1. The molecule has 2 nitrogen and oxygen atoms in total. The predicted molar refractivity (Wildman–Crippen MR) is 84.7 cm³/mol. The lowest BCUT2D eigenvalue weighted by molar-refractivity contribution is 0.160. The molecule has 1 aromatic carbocycles. The minimum atomic E-state index is -0.454. The molecule has 1 aromatic heterocycles. The van der Waals surface area contributed by atoms with Crippen molar-refractivity contribution in [2.24, 2.45) is 0 Å². The van der Waals surface area contributed by atoms with Crippen LogP contribution in [-0.2, 0) is 6.42 Å². The highest BCUT2D eigenvalue weighted by atomic mass is 32.1. The summed E-state index contributed by atoms with van der Waals surface area (Å²) in [6.07, 6.45) is 2.32. The van der Waals surface area contributed by atoms with E-state index in [2.05, 4.69) is 30.5 Å². The molecule has 0 saturated carbocycles. The smallest absolute Gasteiger partial charge is 0.127 e. The third-order valence-electron chi connectivity index (χ3n) is 3.75. The summed E-state index contributed by atoms with van der Waals surface area (Å²) in [5.41, 5.74) is 3.21. The van der Waals surface area contributed by atoms with Crippen molar-refractivity contribution in [3.63, 3.8) is 0 Å². The van der Waals surface area contributed by atoms with Crippen LogP contribution in [0.15, 0.2) is 29.6 Å². The van der Waals surface area contributed by atoms with E-state index in [1.807, 2.05) is 13.0 Å². The van der Waals surface area contributed by atoms with Crippen molar-refractivity contribution < 1.29 is 9.84 Å². The molecule has 20 heavy (non-hydrogen) atoms. The van der Waals surface area contributed by atoms with Gasteiger partial charge in [0.2, 0.25) is 0 Å². The van der Waals surface area contributed by atoms with E-state index in [1.54, 1.807) is 18.4 Å². The lowest BCUT2D eigenvalue weighted by Crippen LogP contribution is -2.03. The molecule has 3 heteroatoms. The van der Waals surface area contributed by atoms with Crippen LogP contribution in [0.4, 0.5) is 0 Å². The zero-order valence-corrected chi connectivity index (χ0v) is 13.2. The third-order valence-corrected chi connectivity index (χ3v) is 4.69. The highest BCUT2D eigenvalue weighted by Gasteiger charge is 2.16. The summed E-state index contributed by atoms with van der Waals surface area (Å²) >= 11 is 1.78. The van der Waals surface area contributed by atoms with Crippen LogP contribution < -0.4 is 4.74 Å². The molecule has 108 valence electrons. The molecule has 0 fully saturated rings. The fourth-order valence-electron chi connectivity index (χ4n) is 2.42. The van der Waals surface area contributed by atoms with Gasteiger partial charge in [-0.1, -0.05) is 18.2 Å². The van der Waals surface area contributed by atoms with Gasteiger partial charge in [0.1, 0.15) is 5.75 Å². The Morgan fingerprint density at radius 2 is 2.05 bits per heavy atom. The Balaban J connectivity index is 2.01. The number of thiophene rings is 1. The molecule has 0 amide bonds. The lowest BCUT2D eigenvalue weighted by atomic mass is 9.97. The van der Waals surface area contributed by atoms with E-state index in [0.717, 1.165) is 36.1 Å². The highest BCUT2D eigenvalue weighted by molar-refractivity contribution is 7.09. The number of hydrogen-bond acceptors (Lipinski definition) is 3. The fraction of sp³-hybridized carbons (Fsp3) is 0.412. The van der Waals surface area contributed by atoms with Gasteiger partial charge >= 0.3 is 0 Å². The zero-order chi connectivity index (χ0) is 14.5. The number of ether oxygens (including phenoxy) is 1. The van der Waals surface area contributed by atoms with E-state index < -0.39 is 6.10 Å². The van der Waals surface area contributed by atoms with Crippen LogP contribution >= 0.6 is 11.3 Å². The van der Waals surface area contributed by atoms with Gasteiger partial charge in [0.05, 0.1) is 13.2 Å². The Bertz CT molecular complexity index is 546. The maximum atomic E-state index is 10.4. The van der Waals surface area contributed by atoms with Gasteiger partial charge in [-0.3, -0.25) is 0 Å². The van der Waals surface area contributed by atoms with Crippen LogP contribution in [0, 0.1) is 13.8 Å². The van der Waals surface area contributed by atoms with E-state index >= 15 is 0 Å². The minimum absolute atomic E-state index is 0.454. The van der Waals surface area contributed by atoms with E-state index in [9.17, 15) is 5.11 Å². The van der Waals surface area contributed by atoms with E-state index in [1.165, 1.54) is 10.4 Å². The third kappa shape index (κ3) is 3.41. The normalized spacial score (nSPS) is 12.4. The fourth-order valence-corrected chi connectivity index (χ4v) is 3.18. The Morgan fingerprint density at radius 3 is 2.70 bits per heavy atom. The summed E-state index contributed by atoms with van der Waals surface area (Å²) in [5.74, 6) is 0.827. The van der Waals surface area contributed by atoms with Gasteiger partial charge in [-0.2, -0.15) is 0 Å². The first-order valence-electron chi connectivity index (χ1n) is 6.98. The summed E-state index contributed by atoms with van der Waals surface area (Å²) < 4.78 is 5.47. The molecule has 0 aliphatic rings. The summed E-state index contributed by atoms with van der Waals surface area (Å²) in [6.45, 7) is 4.10. The molecule has 1 N–H and O–H groups in total. The Morgan fingerprint density at radius 1 is 1.25 bits per heavy atom. The molecule has 2 aromatic rings. The monoisotopic (exact) mass is 290 g/mol. The standard InChI is InChI=1S/C17H22O2S/c1-12-9-10-15(17(19-3)13(12)2)16(18)8-4-6-14-7-5-11-20-14/h5,7,9-11,16,18H,4,6,8H2,1-3H3. The number of aliphatic hydroxyl groups is 1. The molecule has 1 atom stereocenters. The van der Waals surface area contributed by atoms with Gasteiger partial charge < -0.3 is 9.84 Å². The molecular weight excluding hydrogens is 268 g/mol. The van der Waals surface area contributed by atoms with Crippen molar-refractivity contribution in [1.29, 1.82) is 0 Å². The summed E-state index contributed by atoms with van der Waals surface area (Å²) in [7, 11) is 1.67. The molecular formula is C17H22O2S. The summed E-state index contributed by atoms with van der Waals surface area (Å²) in [6, 6.07) is 8.25. The van der Waals surface area contributed by atoms with Crippen molar-refractivity contribution in [3.8, 4) is 5.75 Å². The van der Waals surface area contributed by atoms with Crippen molar-refractivity contribution in [1.82, 2.24) is 0 Å². The van der Waals surface area contributed by atoms with Gasteiger partial charge in [-0.05, 0) is 55.7 Å². The van der Waals surface area contributed by atoms with Gasteiger partial charge in [-0.15, -0.1) is 11.3 Å². The molecule has 0 aliphatic carbocycles. The number of aryl methyl sites for hydroxylation is 2. The maximum Gasteiger partial charge on any atom is 0.127 e. The largest absolute Gasteiger partial charge is 0.496 e. The topological polar surface area (TPSA) is 29.5 Å². The first-order valence-corrected chi connectivity index (χ1v) is 7.86. The van der Waals surface area contributed by atoms with Crippen LogP contribution in [0.5, 0.6) is 5.75 Å². The molecule has 1 heterocycles. The summed E-state index contributed by atoms with van der Waals surface area (Å²) in [5, 5.41) is 12.5. The lowest BCUT2D eigenvalue weighted by Gasteiger charge is -2.18. The van der Waals surface area contributed by atoms with E-state index in [4.69, 9.17) is 4.74 Å². The molecule has 0 aliphatic heterocycles. The maximum absolute atomic E-state index is 10.4. The minimum Gasteiger partial charge on any atom is -0.496 e. The second-order valence-corrected chi connectivity index (χ2v) is 6.15. The quantitative estimate of drug-likeness (QED) is 0.853. The highest BCUT2D eigenvalue weighted by Crippen LogP contribution is 2.33. The number of rotatable bonds is 6. The Hall–Kier alpha value is -1.32. The van der Waals surface area contributed by atoms with Gasteiger partial charge in [0.25, 0.3) is 0 Å². The van der Waals surface area contributed by atoms with Crippen molar-refractivity contribution in [2.45, 2.75) is 39.2 Å². The van der Waals surface area contributed by atoms with Crippen LogP contribution in [0.2, 0.25) is 0 Å². The zero-order valence-electron chi connectivity index (χ0n) is 12.3. The average Bonchev–Trinajstić information content (AvgIpc) is 2.94. The van der Waals surface area contributed by atoms with Crippen molar-refractivity contribution in [2.75, 3.05) is 7.11 Å². The Labute approximate surface area is 125 Å².